The Bertz CT molecular complexity index is 231. The highest BCUT2D eigenvalue weighted by Crippen LogP contribution is 2.24. The van der Waals surface area contributed by atoms with Gasteiger partial charge in [-0.25, -0.2) is 0 Å². The molecule has 1 saturated carbocycles. The number of hydrogen-bond acceptors (Lipinski definition) is 4. The molecule has 2 N–H and O–H groups in total. The first-order valence-corrected chi connectivity index (χ1v) is 7.35. The first kappa shape index (κ1) is 14.3. The van der Waals surface area contributed by atoms with Gasteiger partial charge in [0.25, 0.3) is 0 Å². The largest absolute Gasteiger partial charge is 0.389 e. The first-order chi connectivity index (χ1) is 8.74. The summed E-state index contributed by atoms with van der Waals surface area (Å²) in [5.74, 6) is 0.829. The summed E-state index contributed by atoms with van der Waals surface area (Å²) in [4.78, 5) is 0. The Hall–Kier alpha value is -0.160. The van der Waals surface area contributed by atoms with Crippen molar-refractivity contribution < 1.29 is 14.6 Å². The third-order valence-corrected chi connectivity index (χ3v) is 3.97. The van der Waals surface area contributed by atoms with Gasteiger partial charge in [0.1, 0.15) is 0 Å². The molecular weight excluding hydrogens is 230 g/mol. The van der Waals surface area contributed by atoms with Crippen LogP contribution in [0.3, 0.4) is 0 Å². The lowest BCUT2D eigenvalue weighted by molar-refractivity contribution is -0.0169. The predicted octanol–water partition coefficient (Wildman–Crippen LogP) is 1.32. The van der Waals surface area contributed by atoms with E-state index in [-0.39, 0.29) is 6.10 Å². The minimum atomic E-state index is -0.401. The molecule has 2 fully saturated rings. The van der Waals surface area contributed by atoms with Crippen LogP contribution in [0.15, 0.2) is 0 Å². The maximum atomic E-state index is 9.82. The van der Waals surface area contributed by atoms with Crippen LogP contribution in [0.5, 0.6) is 0 Å². The fourth-order valence-electron chi connectivity index (χ4n) is 2.87. The van der Waals surface area contributed by atoms with Crippen LogP contribution in [-0.2, 0) is 9.47 Å². The summed E-state index contributed by atoms with van der Waals surface area (Å²) in [5, 5.41) is 13.2. The van der Waals surface area contributed by atoms with Crippen LogP contribution in [0, 0.1) is 5.92 Å². The van der Waals surface area contributed by atoms with Crippen LogP contribution in [-0.4, -0.2) is 49.7 Å². The van der Waals surface area contributed by atoms with E-state index in [2.05, 4.69) is 12.2 Å². The standard InChI is InChI=1S/C14H27NO3/c1-11-4-5-12(7-11)15-8-13(16)9-17-10-14-3-2-6-18-14/h11-16H,2-10H2,1H3. The highest BCUT2D eigenvalue weighted by Gasteiger charge is 2.21. The molecule has 106 valence electrons. The average Bonchev–Trinajstić information content (AvgIpc) is 2.98. The molecule has 0 aromatic carbocycles. The second-order valence-electron chi connectivity index (χ2n) is 5.85. The molecular formula is C14H27NO3. The molecule has 0 aromatic heterocycles. The van der Waals surface area contributed by atoms with Gasteiger partial charge in [0, 0.05) is 19.2 Å². The molecule has 0 radical (unpaired) electrons. The lowest BCUT2D eigenvalue weighted by atomic mass is 10.1. The quantitative estimate of drug-likeness (QED) is 0.722. The second kappa shape index (κ2) is 7.43. The van der Waals surface area contributed by atoms with E-state index >= 15 is 0 Å². The molecule has 0 bridgehead atoms. The van der Waals surface area contributed by atoms with E-state index in [9.17, 15) is 5.11 Å². The van der Waals surface area contributed by atoms with Gasteiger partial charge >= 0.3 is 0 Å². The maximum absolute atomic E-state index is 9.82. The summed E-state index contributed by atoms with van der Waals surface area (Å²) in [6.07, 6.45) is 5.87. The smallest absolute Gasteiger partial charge is 0.0897 e. The maximum Gasteiger partial charge on any atom is 0.0897 e. The zero-order valence-electron chi connectivity index (χ0n) is 11.4. The minimum absolute atomic E-state index is 0.251. The summed E-state index contributed by atoms with van der Waals surface area (Å²) < 4.78 is 11.0. The van der Waals surface area contributed by atoms with Crippen molar-refractivity contribution in [2.24, 2.45) is 5.92 Å². The zero-order chi connectivity index (χ0) is 12.8. The second-order valence-corrected chi connectivity index (χ2v) is 5.85. The average molecular weight is 257 g/mol. The molecule has 4 nitrogen and oxygen atoms in total. The van der Waals surface area contributed by atoms with Crippen LogP contribution in [0.2, 0.25) is 0 Å². The molecule has 18 heavy (non-hydrogen) atoms. The van der Waals surface area contributed by atoms with Gasteiger partial charge in [-0.1, -0.05) is 6.92 Å². The molecule has 0 spiro atoms. The summed E-state index contributed by atoms with van der Waals surface area (Å²) in [6.45, 7) is 4.83. The molecule has 1 aliphatic heterocycles. The van der Waals surface area contributed by atoms with Gasteiger partial charge in [-0.05, 0) is 38.0 Å². The minimum Gasteiger partial charge on any atom is -0.389 e. The Labute approximate surface area is 110 Å². The molecule has 4 unspecified atom stereocenters. The van der Waals surface area contributed by atoms with E-state index in [1.807, 2.05) is 0 Å². The summed E-state index contributed by atoms with van der Waals surface area (Å²) >= 11 is 0. The third kappa shape index (κ3) is 4.84. The van der Waals surface area contributed by atoms with E-state index in [0.29, 0.717) is 25.8 Å². The molecule has 1 aliphatic carbocycles. The lowest BCUT2D eigenvalue weighted by Crippen LogP contribution is -2.36. The van der Waals surface area contributed by atoms with Crippen molar-refractivity contribution >= 4 is 0 Å². The monoisotopic (exact) mass is 257 g/mol. The molecule has 1 heterocycles. The Morgan fingerprint density at radius 3 is 2.94 bits per heavy atom. The van der Waals surface area contributed by atoms with Crippen molar-refractivity contribution in [1.29, 1.82) is 0 Å². The van der Waals surface area contributed by atoms with Gasteiger partial charge < -0.3 is 19.9 Å². The zero-order valence-corrected chi connectivity index (χ0v) is 11.4. The van der Waals surface area contributed by atoms with Crippen LogP contribution >= 0.6 is 0 Å². The fourth-order valence-corrected chi connectivity index (χ4v) is 2.87. The van der Waals surface area contributed by atoms with Crippen LogP contribution in [0.4, 0.5) is 0 Å². The highest BCUT2D eigenvalue weighted by molar-refractivity contribution is 4.79. The fraction of sp³-hybridized carbons (Fsp3) is 1.00. The van der Waals surface area contributed by atoms with Crippen molar-refractivity contribution in [3.8, 4) is 0 Å². The van der Waals surface area contributed by atoms with E-state index in [0.717, 1.165) is 25.4 Å². The van der Waals surface area contributed by atoms with E-state index < -0.39 is 6.10 Å². The molecule has 2 rings (SSSR count). The molecule has 0 amide bonds. The van der Waals surface area contributed by atoms with Crippen LogP contribution in [0.1, 0.15) is 39.0 Å². The van der Waals surface area contributed by atoms with Gasteiger partial charge in [-0.2, -0.15) is 0 Å². The topological polar surface area (TPSA) is 50.7 Å². The van der Waals surface area contributed by atoms with Crippen molar-refractivity contribution in [2.45, 2.75) is 57.3 Å². The van der Waals surface area contributed by atoms with E-state index in [1.54, 1.807) is 0 Å². The summed E-state index contributed by atoms with van der Waals surface area (Å²) in [6, 6.07) is 0.591. The number of hydrogen-bond donors (Lipinski definition) is 2. The van der Waals surface area contributed by atoms with Gasteiger partial charge in [0.15, 0.2) is 0 Å². The van der Waals surface area contributed by atoms with Gasteiger partial charge in [0.2, 0.25) is 0 Å². The van der Waals surface area contributed by atoms with Crippen molar-refractivity contribution in [2.75, 3.05) is 26.4 Å². The lowest BCUT2D eigenvalue weighted by Gasteiger charge is -2.17. The Morgan fingerprint density at radius 1 is 1.39 bits per heavy atom. The molecule has 4 atom stereocenters. The van der Waals surface area contributed by atoms with Crippen molar-refractivity contribution in [1.82, 2.24) is 5.32 Å². The summed E-state index contributed by atoms with van der Waals surface area (Å²) in [7, 11) is 0. The molecule has 0 aromatic rings. The van der Waals surface area contributed by atoms with Gasteiger partial charge in [-0.3, -0.25) is 0 Å². The van der Waals surface area contributed by atoms with Crippen molar-refractivity contribution in [3.63, 3.8) is 0 Å². The van der Waals surface area contributed by atoms with Crippen molar-refractivity contribution in [3.05, 3.63) is 0 Å². The van der Waals surface area contributed by atoms with Gasteiger partial charge in [-0.15, -0.1) is 0 Å². The molecule has 2 aliphatic rings. The number of aliphatic hydroxyl groups is 1. The Morgan fingerprint density at radius 2 is 2.28 bits per heavy atom. The number of rotatable bonds is 7. The van der Waals surface area contributed by atoms with E-state index in [1.165, 1.54) is 19.3 Å². The predicted molar refractivity (Wildman–Crippen MR) is 70.6 cm³/mol. The normalized spacial score (nSPS) is 34.0. The number of ether oxygens (including phenoxy) is 2. The number of aliphatic hydroxyl groups excluding tert-OH is 1. The first-order valence-electron chi connectivity index (χ1n) is 7.35. The Balaban J connectivity index is 1.48. The highest BCUT2D eigenvalue weighted by atomic mass is 16.5. The number of nitrogens with one attached hydrogen (secondary N) is 1. The molecule has 4 heteroatoms. The van der Waals surface area contributed by atoms with Crippen LogP contribution in [0.25, 0.3) is 0 Å². The third-order valence-electron chi connectivity index (χ3n) is 3.97. The summed E-state index contributed by atoms with van der Waals surface area (Å²) in [5.41, 5.74) is 0. The van der Waals surface area contributed by atoms with Crippen LogP contribution < -0.4 is 5.32 Å². The Kier molecular flexibility index (Phi) is 5.89. The van der Waals surface area contributed by atoms with Gasteiger partial charge in [0.05, 0.1) is 25.4 Å². The molecule has 1 saturated heterocycles. The van der Waals surface area contributed by atoms with E-state index in [4.69, 9.17) is 9.47 Å². The SMILES string of the molecule is CC1CCC(NCC(O)COCC2CCCO2)C1.